The molecule has 1 aromatic carbocycles. The van der Waals surface area contributed by atoms with E-state index in [1.165, 1.54) is 23.5 Å². The zero-order valence-corrected chi connectivity index (χ0v) is 16.9. The molecule has 2 heterocycles. The lowest BCUT2D eigenvalue weighted by molar-refractivity contribution is -0.932. The van der Waals surface area contributed by atoms with E-state index in [1.54, 1.807) is 6.26 Å². The van der Waals surface area contributed by atoms with Gasteiger partial charge in [0.15, 0.2) is 11.8 Å². The molecule has 0 radical (unpaired) electrons. The van der Waals surface area contributed by atoms with Crippen LogP contribution < -0.4 is 15.1 Å². The smallest absolute Gasteiger partial charge is 0.223 e. The Balaban J connectivity index is 1.36. The Hall–Kier alpha value is -2.34. The van der Waals surface area contributed by atoms with Gasteiger partial charge < -0.3 is 19.5 Å². The van der Waals surface area contributed by atoms with E-state index in [1.807, 2.05) is 24.3 Å². The Kier molecular flexibility index (Phi) is 6.49. The first-order valence-electron chi connectivity index (χ1n) is 10.9. The maximum atomic E-state index is 13.2. The summed E-state index contributed by atoms with van der Waals surface area (Å²) >= 11 is 0. The maximum Gasteiger partial charge on any atom is 0.223 e. The fourth-order valence-corrected chi connectivity index (χ4v) is 4.70. The summed E-state index contributed by atoms with van der Waals surface area (Å²) in [6.07, 6.45) is 7.31. The number of furan rings is 1. The average molecular weight is 401 g/mol. The standard InChI is InChI=1S/C23H30FN3O2/c24-19-8-10-20(11-9-19)26-12-14-27(15-13-26)21(22-7-4-16-29-22)17-25-23(28)18-5-2-1-3-6-18/h4,7-11,16,18,21H,1-3,5-6,12-15,17H2,(H,25,28)/p+1/t21-/m0/s1. The van der Waals surface area contributed by atoms with Gasteiger partial charge in [-0.05, 0) is 49.2 Å². The highest BCUT2D eigenvalue weighted by molar-refractivity contribution is 5.78. The van der Waals surface area contributed by atoms with E-state index in [-0.39, 0.29) is 23.7 Å². The normalized spacial score (nSPS) is 19.8. The third kappa shape index (κ3) is 4.99. The van der Waals surface area contributed by atoms with Crippen molar-refractivity contribution in [3.05, 3.63) is 54.2 Å². The number of quaternary nitrogens is 1. The molecule has 0 spiro atoms. The molecule has 2 aliphatic rings. The Bertz CT molecular complexity index is 764. The third-order valence-corrected chi connectivity index (χ3v) is 6.43. The summed E-state index contributed by atoms with van der Waals surface area (Å²) < 4.78 is 18.9. The van der Waals surface area contributed by atoms with E-state index in [4.69, 9.17) is 4.42 Å². The number of benzene rings is 1. The molecule has 2 fully saturated rings. The highest BCUT2D eigenvalue weighted by Gasteiger charge is 2.32. The molecule has 4 rings (SSSR count). The number of halogens is 1. The van der Waals surface area contributed by atoms with Crippen molar-refractivity contribution in [2.75, 3.05) is 37.6 Å². The number of hydrogen-bond donors (Lipinski definition) is 2. The van der Waals surface area contributed by atoms with Crippen LogP contribution in [0.2, 0.25) is 0 Å². The van der Waals surface area contributed by atoms with Crippen LogP contribution in [0.4, 0.5) is 10.1 Å². The van der Waals surface area contributed by atoms with Crippen molar-refractivity contribution in [1.82, 2.24) is 5.32 Å². The minimum absolute atomic E-state index is 0.118. The lowest BCUT2D eigenvalue weighted by Crippen LogP contribution is -3.15. The van der Waals surface area contributed by atoms with Crippen molar-refractivity contribution in [3.8, 4) is 0 Å². The van der Waals surface area contributed by atoms with Crippen molar-refractivity contribution in [2.45, 2.75) is 38.1 Å². The molecule has 1 saturated carbocycles. The number of nitrogens with zero attached hydrogens (tertiary/aromatic N) is 1. The third-order valence-electron chi connectivity index (χ3n) is 6.43. The molecule has 2 N–H and O–H groups in total. The summed E-state index contributed by atoms with van der Waals surface area (Å²) in [5.74, 6) is 1.10. The molecule has 2 aromatic rings. The molecule has 6 heteroatoms. The topological polar surface area (TPSA) is 49.9 Å². The fraction of sp³-hybridized carbons (Fsp3) is 0.522. The second kappa shape index (κ2) is 9.44. The van der Waals surface area contributed by atoms with Gasteiger partial charge in [-0.25, -0.2) is 4.39 Å². The van der Waals surface area contributed by atoms with Crippen LogP contribution in [0, 0.1) is 11.7 Å². The summed E-state index contributed by atoms with van der Waals surface area (Å²) in [6.45, 7) is 4.29. The van der Waals surface area contributed by atoms with Gasteiger partial charge in [0.05, 0.1) is 39.0 Å². The van der Waals surface area contributed by atoms with Gasteiger partial charge >= 0.3 is 0 Å². The SMILES string of the molecule is O=C(NC[C@@H](c1ccco1)[NH+]1CCN(c2ccc(F)cc2)CC1)C1CCCCC1. The van der Waals surface area contributed by atoms with Gasteiger partial charge in [0.1, 0.15) is 5.82 Å². The van der Waals surface area contributed by atoms with E-state index in [0.29, 0.717) is 6.54 Å². The number of hydrogen-bond acceptors (Lipinski definition) is 3. The van der Waals surface area contributed by atoms with Crippen LogP contribution in [0.3, 0.4) is 0 Å². The Morgan fingerprint density at radius 3 is 2.52 bits per heavy atom. The first kappa shape index (κ1) is 20.0. The number of carbonyl (C=O) groups excluding carboxylic acids is 1. The van der Waals surface area contributed by atoms with Crippen LogP contribution >= 0.6 is 0 Å². The minimum atomic E-state index is -0.204. The summed E-state index contributed by atoms with van der Waals surface area (Å²) in [7, 11) is 0. The second-order valence-corrected chi connectivity index (χ2v) is 8.27. The van der Waals surface area contributed by atoms with Crippen molar-refractivity contribution < 1.29 is 18.5 Å². The molecule has 1 aliphatic heterocycles. The average Bonchev–Trinajstić information content (AvgIpc) is 3.30. The van der Waals surface area contributed by atoms with Gasteiger partial charge in [0, 0.05) is 11.6 Å². The number of nitrogens with one attached hydrogen (secondary N) is 2. The quantitative estimate of drug-likeness (QED) is 0.784. The molecule has 29 heavy (non-hydrogen) atoms. The molecule has 0 unspecified atom stereocenters. The number of carbonyl (C=O) groups is 1. The summed E-state index contributed by atoms with van der Waals surface area (Å²) in [6, 6.07) is 10.8. The van der Waals surface area contributed by atoms with Gasteiger partial charge in [-0.3, -0.25) is 4.79 Å². The van der Waals surface area contributed by atoms with E-state index < -0.39 is 0 Å². The summed E-state index contributed by atoms with van der Waals surface area (Å²) in [4.78, 5) is 16.3. The van der Waals surface area contributed by atoms with Crippen LogP contribution in [0.5, 0.6) is 0 Å². The van der Waals surface area contributed by atoms with Crippen LogP contribution in [-0.2, 0) is 4.79 Å². The first-order valence-corrected chi connectivity index (χ1v) is 10.9. The molecule has 1 atom stereocenters. The molecule has 0 bridgehead atoms. The van der Waals surface area contributed by atoms with Crippen LogP contribution in [0.1, 0.15) is 43.9 Å². The van der Waals surface area contributed by atoms with Gasteiger partial charge in [-0.15, -0.1) is 0 Å². The highest BCUT2D eigenvalue weighted by atomic mass is 19.1. The number of anilines is 1. The van der Waals surface area contributed by atoms with E-state index in [0.717, 1.165) is 63.3 Å². The lowest BCUT2D eigenvalue weighted by atomic mass is 9.88. The predicted octanol–water partition coefficient (Wildman–Crippen LogP) is 2.56. The zero-order chi connectivity index (χ0) is 20.1. The summed E-state index contributed by atoms with van der Waals surface area (Å²) in [5.41, 5.74) is 1.06. The Morgan fingerprint density at radius 1 is 1.14 bits per heavy atom. The van der Waals surface area contributed by atoms with Crippen molar-refractivity contribution >= 4 is 11.6 Å². The molecule has 5 nitrogen and oxygen atoms in total. The Morgan fingerprint density at radius 2 is 1.86 bits per heavy atom. The largest absolute Gasteiger partial charge is 0.463 e. The van der Waals surface area contributed by atoms with E-state index >= 15 is 0 Å². The van der Waals surface area contributed by atoms with E-state index in [2.05, 4.69) is 10.2 Å². The monoisotopic (exact) mass is 400 g/mol. The molecule has 156 valence electrons. The van der Waals surface area contributed by atoms with Crippen molar-refractivity contribution in [1.29, 1.82) is 0 Å². The summed E-state index contributed by atoms with van der Waals surface area (Å²) in [5, 5.41) is 3.21. The van der Waals surface area contributed by atoms with Gasteiger partial charge in [-0.1, -0.05) is 19.3 Å². The zero-order valence-electron chi connectivity index (χ0n) is 16.9. The molecular formula is C23H31FN3O2+. The van der Waals surface area contributed by atoms with Gasteiger partial charge in [-0.2, -0.15) is 0 Å². The molecular weight excluding hydrogens is 369 g/mol. The van der Waals surface area contributed by atoms with Crippen LogP contribution in [0.15, 0.2) is 47.1 Å². The first-order chi connectivity index (χ1) is 14.2. The molecule has 1 aromatic heterocycles. The van der Waals surface area contributed by atoms with Crippen LogP contribution in [-0.4, -0.2) is 38.6 Å². The highest BCUT2D eigenvalue weighted by Crippen LogP contribution is 2.24. The molecule has 1 amide bonds. The number of rotatable bonds is 6. The number of piperazine rings is 1. The molecule has 1 saturated heterocycles. The Labute approximate surface area is 171 Å². The maximum absolute atomic E-state index is 13.2. The second-order valence-electron chi connectivity index (χ2n) is 8.27. The molecule has 1 aliphatic carbocycles. The predicted molar refractivity (Wildman–Crippen MR) is 110 cm³/mol. The van der Waals surface area contributed by atoms with Crippen molar-refractivity contribution in [3.63, 3.8) is 0 Å². The van der Waals surface area contributed by atoms with E-state index in [9.17, 15) is 9.18 Å². The fourth-order valence-electron chi connectivity index (χ4n) is 4.70. The van der Waals surface area contributed by atoms with Gasteiger partial charge in [0.2, 0.25) is 5.91 Å². The lowest BCUT2D eigenvalue weighted by Gasteiger charge is -2.37. The van der Waals surface area contributed by atoms with Gasteiger partial charge in [0.25, 0.3) is 0 Å². The number of amides is 1. The van der Waals surface area contributed by atoms with Crippen LogP contribution in [0.25, 0.3) is 0 Å². The minimum Gasteiger partial charge on any atom is -0.463 e. The van der Waals surface area contributed by atoms with Crippen molar-refractivity contribution in [2.24, 2.45) is 5.92 Å².